The Morgan fingerprint density at radius 2 is 2.05 bits per heavy atom. The summed E-state index contributed by atoms with van der Waals surface area (Å²) in [5, 5.41) is 10.9. The van der Waals surface area contributed by atoms with Gasteiger partial charge in [0.1, 0.15) is 0 Å². The zero-order chi connectivity index (χ0) is 15.7. The fraction of sp³-hybridized carbons (Fsp3) is 0.556. The Bertz CT molecular complexity index is 634. The van der Waals surface area contributed by atoms with E-state index in [4.69, 9.17) is 0 Å². The van der Waals surface area contributed by atoms with Crippen LogP contribution in [-0.2, 0) is 13.6 Å². The van der Waals surface area contributed by atoms with Gasteiger partial charge in [-0.3, -0.25) is 4.90 Å². The quantitative estimate of drug-likeness (QED) is 0.936. The van der Waals surface area contributed by atoms with Crippen molar-refractivity contribution in [2.24, 2.45) is 13.0 Å². The number of aliphatic hydroxyl groups excluding tert-OH is 1. The summed E-state index contributed by atoms with van der Waals surface area (Å²) in [4.78, 5) is 4.79. The minimum absolute atomic E-state index is 0.297. The molecule has 1 N–H and O–H groups in total. The predicted octanol–water partition coefficient (Wildman–Crippen LogP) is 1.92. The minimum Gasteiger partial charge on any atom is -0.396 e. The number of aliphatic hydroxyl groups is 1. The molecule has 0 amide bonds. The van der Waals surface area contributed by atoms with E-state index in [1.807, 2.05) is 0 Å². The van der Waals surface area contributed by atoms with Crippen molar-refractivity contribution in [3.8, 4) is 0 Å². The van der Waals surface area contributed by atoms with Crippen molar-refractivity contribution >= 4 is 10.9 Å². The molecule has 4 nitrogen and oxygen atoms in total. The lowest BCUT2D eigenvalue weighted by Crippen LogP contribution is -2.51. The van der Waals surface area contributed by atoms with Gasteiger partial charge >= 0.3 is 0 Å². The highest BCUT2D eigenvalue weighted by atomic mass is 16.3. The van der Waals surface area contributed by atoms with Crippen molar-refractivity contribution in [1.82, 2.24) is 14.4 Å². The third kappa shape index (κ3) is 2.91. The van der Waals surface area contributed by atoms with E-state index in [0.29, 0.717) is 18.6 Å². The number of rotatable bonds is 4. The average molecular weight is 301 g/mol. The molecule has 0 spiro atoms. The molecule has 1 saturated heterocycles. The minimum atomic E-state index is 0.297. The van der Waals surface area contributed by atoms with Crippen LogP contribution in [0.25, 0.3) is 10.9 Å². The lowest BCUT2D eigenvalue weighted by atomic mass is 9.91. The smallest absolute Gasteiger partial charge is 0.0481 e. The van der Waals surface area contributed by atoms with Crippen molar-refractivity contribution in [2.75, 3.05) is 33.8 Å². The molecule has 0 saturated carbocycles. The van der Waals surface area contributed by atoms with Crippen molar-refractivity contribution in [3.63, 3.8) is 0 Å². The molecule has 2 aromatic rings. The van der Waals surface area contributed by atoms with Crippen LogP contribution in [0.3, 0.4) is 0 Å². The monoisotopic (exact) mass is 301 g/mol. The van der Waals surface area contributed by atoms with Gasteiger partial charge in [0.2, 0.25) is 0 Å². The summed E-state index contributed by atoms with van der Waals surface area (Å²) in [6, 6.07) is 9.05. The lowest BCUT2D eigenvalue weighted by molar-refractivity contribution is 0.0462. The first-order chi connectivity index (χ1) is 10.6. The van der Waals surface area contributed by atoms with E-state index >= 15 is 0 Å². The van der Waals surface area contributed by atoms with E-state index in [1.165, 1.54) is 16.5 Å². The molecule has 1 aliphatic heterocycles. The maximum Gasteiger partial charge on any atom is 0.0481 e. The molecular weight excluding hydrogens is 274 g/mol. The Morgan fingerprint density at radius 1 is 1.27 bits per heavy atom. The van der Waals surface area contributed by atoms with Gasteiger partial charge in [-0.05, 0) is 44.6 Å². The van der Waals surface area contributed by atoms with E-state index in [-0.39, 0.29) is 0 Å². The maximum atomic E-state index is 9.58. The molecule has 4 heteroatoms. The van der Waals surface area contributed by atoms with Crippen molar-refractivity contribution in [2.45, 2.75) is 19.0 Å². The van der Waals surface area contributed by atoms with Crippen molar-refractivity contribution in [1.29, 1.82) is 0 Å². The molecule has 1 aliphatic rings. The van der Waals surface area contributed by atoms with Crippen molar-refractivity contribution < 1.29 is 5.11 Å². The second-order valence-electron chi connectivity index (χ2n) is 6.78. The van der Waals surface area contributed by atoms with Gasteiger partial charge in [0, 0.05) is 49.9 Å². The Labute approximate surface area is 132 Å². The van der Waals surface area contributed by atoms with Gasteiger partial charge in [0.15, 0.2) is 0 Å². The molecule has 0 bridgehead atoms. The van der Waals surface area contributed by atoms with Crippen LogP contribution in [0.2, 0.25) is 0 Å². The topological polar surface area (TPSA) is 31.6 Å². The van der Waals surface area contributed by atoms with Crippen LogP contribution < -0.4 is 0 Å². The summed E-state index contributed by atoms with van der Waals surface area (Å²) >= 11 is 0. The lowest BCUT2D eigenvalue weighted by Gasteiger charge is -2.41. The molecular formula is C18H27N3O. The van der Waals surface area contributed by atoms with E-state index < -0.39 is 0 Å². The number of nitrogens with zero attached hydrogens (tertiary/aromatic N) is 3. The highest BCUT2D eigenvalue weighted by molar-refractivity contribution is 5.83. The molecule has 22 heavy (non-hydrogen) atoms. The number of fused-ring (bicyclic) bond motifs is 1. The fourth-order valence-electron chi connectivity index (χ4n) is 3.78. The average Bonchev–Trinajstić information content (AvgIpc) is 2.84. The standard InChI is InChI=1S/C18H27N3O/c1-19(2)18-12-21(9-8-14(18)13-22)11-15-10-20(3)17-7-5-4-6-16(15)17/h4-7,10,14,18,22H,8-9,11-13H2,1-3H3/t14-,18-/m1/s1. The van der Waals surface area contributed by atoms with E-state index in [0.717, 1.165) is 26.1 Å². The molecule has 0 unspecified atom stereocenters. The van der Waals surface area contributed by atoms with Crippen LogP contribution in [0.1, 0.15) is 12.0 Å². The first-order valence-electron chi connectivity index (χ1n) is 8.12. The van der Waals surface area contributed by atoms with Gasteiger partial charge in [0.05, 0.1) is 0 Å². The van der Waals surface area contributed by atoms with Gasteiger partial charge in [-0.15, -0.1) is 0 Å². The van der Waals surface area contributed by atoms with Crippen molar-refractivity contribution in [3.05, 3.63) is 36.0 Å². The summed E-state index contributed by atoms with van der Waals surface area (Å²) in [5.41, 5.74) is 2.70. The second kappa shape index (κ2) is 6.41. The molecule has 0 aliphatic carbocycles. The molecule has 3 rings (SSSR count). The normalized spacial score (nSPS) is 23.5. The number of hydrogen-bond donors (Lipinski definition) is 1. The Hall–Kier alpha value is -1.36. The zero-order valence-electron chi connectivity index (χ0n) is 13.9. The highest BCUT2D eigenvalue weighted by Crippen LogP contribution is 2.25. The largest absolute Gasteiger partial charge is 0.396 e. The van der Waals surface area contributed by atoms with Crippen LogP contribution in [-0.4, -0.2) is 59.3 Å². The number of aryl methyl sites for hydroxylation is 1. The summed E-state index contributed by atoms with van der Waals surface area (Å²) in [6.07, 6.45) is 3.33. The second-order valence-corrected chi connectivity index (χ2v) is 6.78. The molecule has 2 atom stereocenters. The fourth-order valence-corrected chi connectivity index (χ4v) is 3.78. The zero-order valence-corrected chi connectivity index (χ0v) is 13.9. The third-order valence-corrected chi connectivity index (χ3v) is 5.08. The summed E-state index contributed by atoms with van der Waals surface area (Å²) in [6.45, 7) is 3.38. The number of likely N-dealkylation sites (tertiary alicyclic amines) is 1. The van der Waals surface area contributed by atoms with E-state index in [9.17, 15) is 5.11 Å². The number of para-hydroxylation sites is 1. The predicted molar refractivity (Wildman–Crippen MR) is 90.9 cm³/mol. The SMILES string of the molecule is CN(C)[C@@H]1CN(Cc2cn(C)c3ccccc23)CC[C@@H]1CO. The number of aromatic nitrogens is 1. The van der Waals surface area contributed by atoms with Crippen LogP contribution in [0.5, 0.6) is 0 Å². The highest BCUT2D eigenvalue weighted by Gasteiger charge is 2.30. The van der Waals surface area contributed by atoms with Gasteiger partial charge in [-0.2, -0.15) is 0 Å². The van der Waals surface area contributed by atoms with Gasteiger partial charge in [-0.1, -0.05) is 18.2 Å². The molecule has 0 radical (unpaired) electrons. The molecule has 2 heterocycles. The first-order valence-corrected chi connectivity index (χ1v) is 8.12. The third-order valence-electron chi connectivity index (χ3n) is 5.08. The van der Waals surface area contributed by atoms with Crippen LogP contribution in [0.15, 0.2) is 30.5 Å². The van der Waals surface area contributed by atoms with Crippen LogP contribution >= 0.6 is 0 Å². The molecule has 1 aromatic carbocycles. The Morgan fingerprint density at radius 3 is 2.77 bits per heavy atom. The molecule has 1 aromatic heterocycles. The summed E-state index contributed by atoms with van der Waals surface area (Å²) in [5.74, 6) is 0.402. The number of piperidine rings is 1. The van der Waals surface area contributed by atoms with E-state index in [1.54, 1.807) is 0 Å². The molecule has 1 fully saturated rings. The van der Waals surface area contributed by atoms with Gasteiger partial charge in [-0.25, -0.2) is 0 Å². The summed E-state index contributed by atoms with van der Waals surface area (Å²) < 4.78 is 2.22. The number of benzene rings is 1. The maximum absolute atomic E-state index is 9.58. The van der Waals surface area contributed by atoms with Crippen LogP contribution in [0, 0.1) is 5.92 Å². The van der Waals surface area contributed by atoms with Gasteiger partial charge in [0.25, 0.3) is 0 Å². The molecule has 120 valence electrons. The Kier molecular flexibility index (Phi) is 4.52. The first kappa shape index (κ1) is 15.5. The number of likely N-dealkylation sites (N-methyl/N-ethyl adjacent to an activating group) is 1. The van der Waals surface area contributed by atoms with E-state index in [2.05, 4.69) is 66.0 Å². The Balaban J connectivity index is 1.78. The van der Waals surface area contributed by atoms with Gasteiger partial charge < -0.3 is 14.6 Å². The summed E-state index contributed by atoms with van der Waals surface area (Å²) in [7, 11) is 6.36. The number of hydrogen-bond acceptors (Lipinski definition) is 3. The van der Waals surface area contributed by atoms with Crippen LogP contribution in [0.4, 0.5) is 0 Å².